The third-order valence-corrected chi connectivity index (χ3v) is 3.12. The van der Waals surface area contributed by atoms with Crippen LogP contribution in [0.1, 0.15) is 0 Å². The number of aromatic nitrogens is 2. The van der Waals surface area contributed by atoms with E-state index in [1.165, 1.54) is 23.0 Å². The number of para-hydroxylation sites is 1. The number of nitrogens with two attached hydrogens (primary N) is 1. The zero-order chi connectivity index (χ0) is 13.1. The smallest absolute Gasteiger partial charge is 0.227 e. The van der Waals surface area contributed by atoms with E-state index in [0.29, 0.717) is 5.16 Å². The van der Waals surface area contributed by atoms with E-state index in [1.807, 2.05) is 0 Å². The molecule has 2 aromatic rings. The average Bonchev–Trinajstić information content (AvgIpc) is 2.74. The van der Waals surface area contributed by atoms with Gasteiger partial charge in [0.05, 0.1) is 5.75 Å². The Balaban J connectivity index is 2.39. The van der Waals surface area contributed by atoms with E-state index < -0.39 is 17.5 Å². The summed E-state index contributed by atoms with van der Waals surface area (Å²) in [7, 11) is 0. The van der Waals surface area contributed by atoms with E-state index in [0.717, 1.165) is 23.9 Å². The predicted molar refractivity (Wildman–Crippen MR) is 63.4 cm³/mol. The fourth-order valence-electron chi connectivity index (χ4n) is 1.42. The van der Waals surface area contributed by atoms with Crippen LogP contribution in [0, 0.1) is 11.6 Å². The number of amides is 1. The fourth-order valence-corrected chi connectivity index (χ4v) is 2.12. The third kappa shape index (κ3) is 2.51. The fraction of sp³-hybridized carbons (Fsp3) is 0.0909. The molecule has 0 saturated carbocycles. The van der Waals surface area contributed by atoms with Crippen LogP contribution in [0.15, 0.2) is 35.7 Å². The Labute approximate surface area is 106 Å². The topological polar surface area (TPSA) is 60.9 Å². The molecule has 0 aliphatic rings. The first-order valence-electron chi connectivity index (χ1n) is 4.98. The molecular formula is C11H9F2N3OS. The highest BCUT2D eigenvalue weighted by Gasteiger charge is 2.14. The van der Waals surface area contributed by atoms with Gasteiger partial charge in [-0.05, 0) is 12.1 Å². The van der Waals surface area contributed by atoms with Crippen LogP contribution < -0.4 is 5.73 Å². The van der Waals surface area contributed by atoms with E-state index in [2.05, 4.69) is 4.98 Å². The molecule has 4 nitrogen and oxygen atoms in total. The normalized spacial score (nSPS) is 10.6. The van der Waals surface area contributed by atoms with Crippen molar-refractivity contribution in [3.8, 4) is 5.69 Å². The summed E-state index contributed by atoms with van der Waals surface area (Å²) in [6, 6.07) is 3.59. The van der Waals surface area contributed by atoms with Crippen LogP contribution in [0.25, 0.3) is 5.69 Å². The Morgan fingerprint density at radius 3 is 2.67 bits per heavy atom. The molecule has 0 aliphatic carbocycles. The summed E-state index contributed by atoms with van der Waals surface area (Å²) >= 11 is 1.02. The molecular weight excluding hydrogens is 260 g/mol. The number of halogens is 2. The summed E-state index contributed by atoms with van der Waals surface area (Å²) in [6.45, 7) is 0. The lowest BCUT2D eigenvalue weighted by Crippen LogP contribution is -2.13. The molecule has 1 amide bonds. The highest BCUT2D eigenvalue weighted by molar-refractivity contribution is 7.99. The molecule has 0 aliphatic heterocycles. The second-order valence-corrected chi connectivity index (χ2v) is 4.35. The molecule has 1 heterocycles. The molecule has 0 saturated heterocycles. The van der Waals surface area contributed by atoms with Gasteiger partial charge in [-0.2, -0.15) is 0 Å². The second-order valence-electron chi connectivity index (χ2n) is 3.41. The quantitative estimate of drug-likeness (QED) is 0.860. The molecule has 2 rings (SSSR count). The molecule has 2 N–H and O–H groups in total. The van der Waals surface area contributed by atoms with Crippen molar-refractivity contribution < 1.29 is 13.6 Å². The molecule has 94 valence electrons. The maximum atomic E-state index is 13.6. The Hall–Kier alpha value is -1.89. The van der Waals surface area contributed by atoms with Gasteiger partial charge >= 0.3 is 0 Å². The number of thioether (sulfide) groups is 1. The average molecular weight is 269 g/mol. The Morgan fingerprint density at radius 1 is 1.39 bits per heavy atom. The molecule has 0 radical (unpaired) electrons. The van der Waals surface area contributed by atoms with Crippen molar-refractivity contribution >= 4 is 17.7 Å². The molecule has 1 aromatic carbocycles. The summed E-state index contributed by atoms with van der Waals surface area (Å²) in [5.74, 6) is -1.93. The van der Waals surface area contributed by atoms with Crippen molar-refractivity contribution in [3.05, 3.63) is 42.2 Å². The minimum absolute atomic E-state index is 0.00686. The van der Waals surface area contributed by atoms with Crippen molar-refractivity contribution in [2.45, 2.75) is 5.16 Å². The first-order chi connectivity index (χ1) is 8.59. The van der Waals surface area contributed by atoms with Gasteiger partial charge in [-0.1, -0.05) is 17.8 Å². The lowest BCUT2D eigenvalue weighted by atomic mass is 10.3. The van der Waals surface area contributed by atoms with E-state index in [-0.39, 0.29) is 11.4 Å². The lowest BCUT2D eigenvalue weighted by molar-refractivity contribution is -0.115. The SMILES string of the molecule is NC(=O)CSc1nccn1-c1c(F)cccc1F. The molecule has 0 bridgehead atoms. The van der Waals surface area contributed by atoms with Gasteiger partial charge in [-0.15, -0.1) is 0 Å². The molecule has 0 spiro atoms. The van der Waals surface area contributed by atoms with Crippen LogP contribution in [0.4, 0.5) is 8.78 Å². The van der Waals surface area contributed by atoms with Gasteiger partial charge in [-0.3, -0.25) is 9.36 Å². The summed E-state index contributed by atoms with van der Waals surface area (Å²) < 4.78 is 28.5. The highest BCUT2D eigenvalue weighted by atomic mass is 32.2. The Bertz CT molecular complexity index is 565. The molecule has 0 unspecified atom stereocenters. The molecule has 18 heavy (non-hydrogen) atoms. The number of carbonyl (C=O) groups excluding carboxylic acids is 1. The summed E-state index contributed by atoms with van der Waals surface area (Å²) in [4.78, 5) is 14.6. The van der Waals surface area contributed by atoms with Crippen LogP contribution in [-0.4, -0.2) is 21.2 Å². The standard InChI is InChI=1S/C11H9F2N3OS/c12-7-2-1-3-8(13)10(7)16-5-4-15-11(16)18-6-9(14)17/h1-5H,6H2,(H2,14,17). The number of benzene rings is 1. The lowest BCUT2D eigenvalue weighted by Gasteiger charge is -2.08. The van der Waals surface area contributed by atoms with Gasteiger partial charge in [0.1, 0.15) is 17.3 Å². The number of rotatable bonds is 4. The van der Waals surface area contributed by atoms with Crippen molar-refractivity contribution in [2.24, 2.45) is 5.73 Å². The van der Waals surface area contributed by atoms with E-state index >= 15 is 0 Å². The maximum absolute atomic E-state index is 13.6. The van der Waals surface area contributed by atoms with E-state index in [9.17, 15) is 13.6 Å². The summed E-state index contributed by atoms with van der Waals surface area (Å²) in [6.07, 6.45) is 2.82. The Kier molecular flexibility index (Phi) is 3.61. The number of imidazole rings is 1. The number of hydrogen-bond acceptors (Lipinski definition) is 3. The molecule has 0 fully saturated rings. The predicted octanol–water partition coefficient (Wildman–Crippen LogP) is 1.73. The van der Waals surface area contributed by atoms with Gasteiger partial charge in [0.25, 0.3) is 0 Å². The first kappa shape index (κ1) is 12.6. The van der Waals surface area contributed by atoms with Crippen LogP contribution >= 0.6 is 11.8 Å². The van der Waals surface area contributed by atoms with Gasteiger partial charge in [0, 0.05) is 12.4 Å². The second kappa shape index (κ2) is 5.18. The highest BCUT2D eigenvalue weighted by Crippen LogP contribution is 2.24. The number of primary amides is 1. The summed E-state index contributed by atoms with van der Waals surface area (Å²) in [5.41, 5.74) is 4.79. The van der Waals surface area contributed by atoms with E-state index in [4.69, 9.17) is 5.73 Å². The summed E-state index contributed by atoms with van der Waals surface area (Å²) in [5, 5.41) is 0.304. The molecule has 7 heteroatoms. The van der Waals surface area contributed by atoms with Gasteiger partial charge < -0.3 is 5.73 Å². The largest absolute Gasteiger partial charge is 0.369 e. The van der Waals surface area contributed by atoms with Crippen molar-refractivity contribution in [1.82, 2.24) is 9.55 Å². The minimum atomic E-state index is -0.700. The van der Waals surface area contributed by atoms with Crippen LogP contribution in [-0.2, 0) is 4.79 Å². The zero-order valence-electron chi connectivity index (χ0n) is 9.14. The van der Waals surface area contributed by atoms with Crippen molar-refractivity contribution in [3.63, 3.8) is 0 Å². The Morgan fingerprint density at radius 2 is 2.06 bits per heavy atom. The third-order valence-electron chi connectivity index (χ3n) is 2.13. The van der Waals surface area contributed by atoms with Gasteiger partial charge in [0.2, 0.25) is 5.91 Å². The minimum Gasteiger partial charge on any atom is -0.369 e. The van der Waals surface area contributed by atoms with E-state index in [1.54, 1.807) is 0 Å². The number of nitrogens with zero attached hydrogens (tertiary/aromatic N) is 2. The van der Waals surface area contributed by atoms with Gasteiger partial charge in [-0.25, -0.2) is 13.8 Å². The van der Waals surface area contributed by atoms with Crippen molar-refractivity contribution in [1.29, 1.82) is 0 Å². The van der Waals surface area contributed by atoms with Crippen LogP contribution in [0.5, 0.6) is 0 Å². The zero-order valence-corrected chi connectivity index (χ0v) is 9.95. The molecule has 0 atom stereocenters. The maximum Gasteiger partial charge on any atom is 0.227 e. The first-order valence-corrected chi connectivity index (χ1v) is 5.97. The van der Waals surface area contributed by atoms with Crippen molar-refractivity contribution in [2.75, 3.05) is 5.75 Å². The molecule has 1 aromatic heterocycles. The van der Waals surface area contributed by atoms with Crippen LogP contribution in [0.2, 0.25) is 0 Å². The van der Waals surface area contributed by atoms with Gasteiger partial charge in [0.15, 0.2) is 5.16 Å². The number of carbonyl (C=O) groups is 1. The van der Waals surface area contributed by atoms with Crippen LogP contribution in [0.3, 0.4) is 0 Å². The monoisotopic (exact) mass is 269 g/mol. The number of hydrogen-bond donors (Lipinski definition) is 1.